The van der Waals surface area contributed by atoms with Crippen molar-refractivity contribution < 1.29 is 64.6 Å². The van der Waals surface area contributed by atoms with Crippen molar-refractivity contribution in [2.75, 3.05) is 19.8 Å². The van der Waals surface area contributed by atoms with Crippen LogP contribution < -0.4 is 4.74 Å². The summed E-state index contributed by atoms with van der Waals surface area (Å²) in [6.07, 6.45) is 8.00. The van der Waals surface area contributed by atoms with Gasteiger partial charge in [0.2, 0.25) is 5.79 Å². The second kappa shape index (κ2) is 25.6. The number of rotatable bonds is 21. The van der Waals surface area contributed by atoms with E-state index in [0.717, 1.165) is 25.7 Å². The summed E-state index contributed by atoms with van der Waals surface area (Å²) in [5, 5.41) is 85.7. The molecule has 54 heavy (non-hydrogen) atoms. The number of carbonyl (C=O) groups is 1. The van der Waals surface area contributed by atoms with Crippen LogP contribution in [-0.2, 0) is 19.0 Å². The zero-order valence-electron chi connectivity index (χ0n) is 31.1. The fourth-order valence-corrected chi connectivity index (χ4v) is 7.37. The van der Waals surface area contributed by atoms with E-state index in [1.807, 2.05) is 6.92 Å². The topological polar surface area (TPSA) is 240 Å². The van der Waals surface area contributed by atoms with Crippen LogP contribution in [0.1, 0.15) is 103 Å². The van der Waals surface area contributed by atoms with E-state index >= 15 is 0 Å². The number of ether oxygens (including phenoxy) is 4. The van der Waals surface area contributed by atoms with Gasteiger partial charge in [0.15, 0.2) is 12.0 Å². The number of nitrogens with zero attached hydrogens (tertiary/aromatic N) is 1. The molecule has 16 heteroatoms. The molecule has 0 saturated carbocycles. The van der Waals surface area contributed by atoms with Crippen molar-refractivity contribution in [2.45, 2.75) is 152 Å². The van der Waals surface area contributed by atoms with E-state index in [0.29, 0.717) is 20.3 Å². The average Bonchev–Trinajstić information content (AvgIpc) is 3.41. The van der Waals surface area contributed by atoms with Crippen molar-refractivity contribution in [3.05, 3.63) is 38.8 Å². The minimum Gasteiger partial charge on any atom is -0.424 e. The highest BCUT2D eigenvalue weighted by molar-refractivity contribution is 9.11. The smallest absolute Gasteiger partial charge is 0.314 e. The third kappa shape index (κ3) is 14.7. The highest BCUT2D eigenvalue weighted by Crippen LogP contribution is 2.37. The molecule has 1 aromatic carbocycles. The molecule has 1 unspecified atom stereocenters. The Labute approximate surface area is 335 Å². The van der Waals surface area contributed by atoms with Crippen LogP contribution in [0, 0.1) is 17.2 Å². The lowest BCUT2D eigenvalue weighted by molar-refractivity contribution is -0.383. The van der Waals surface area contributed by atoms with Crippen LogP contribution in [0.2, 0.25) is 0 Å². The molecule has 2 fully saturated rings. The zero-order chi connectivity index (χ0) is 40.3. The van der Waals surface area contributed by atoms with Gasteiger partial charge in [0.1, 0.15) is 49.3 Å². The van der Waals surface area contributed by atoms with Gasteiger partial charge in [-0.3, -0.25) is 4.79 Å². The minimum atomic E-state index is -2.22. The molecule has 10 atom stereocenters. The van der Waals surface area contributed by atoms with Crippen LogP contribution in [0.4, 0.5) is 0 Å². The molecule has 3 rings (SSSR count). The van der Waals surface area contributed by atoms with Gasteiger partial charge in [-0.1, -0.05) is 77.4 Å². The Bertz CT molecular complexity index is 1290. The van der Waals surface area contributed by atoms with E-state index in [1.165, 1.54) is 57.8 Å². The molecule has 0 aromatic heterocycles. The molecular formula is C38H59Br2NO13. The first-order valence-corrected chi connectivity index (χ1v) is 20.4. The van der Waals surface area contributed by atoms with E-state index < -0.39 is 74.6 Å². The van der Waals surface area contributed by atoms with Crippen LogP contribution in [-0.4, -0.2) is 121 Å². The number of hydrogen-bond donors (Lipinski definition) is 8. The van der Waals surface area contributed by atoms with E-state index in [9.17, 15) is 35.4 Å². The summed E-state index contributed by atoms with van der Waals surface area (Å²) in [4.78, 5) is 12.4. The molecular weight excluding hydrogens is 838 g/mol. The summed E-state index contributed by atoms with van der Waals surface area (Å²) in [5.41, 5.74) is 0.504. The maximum absolute atomic E-state index is 12.4. The molecule has 1 aromatic rings. The summed E-state index contributed by atoms with van der Waals surface area (Å²) in [6.45, 7) is 1.85. The molecule has 0 spiro atoms. The van der Waals surface area contributed by atoms with E-state index in [1.54, 1.807) is 12.1 Å². The fraction of sp³-hybridized carbons (Fsp3) is 0.737. The van der Waals surface area contributed by atoms with Crippen molar-refractivity contribution in [2.24, 2.45) is 5.92 Å². The van der Waals surface area contributed by atoms with Gasteiger partial charge >= 0.3 is 5.97 Å². The van der Waals surface area contributed by atoms with Crippen LogP contribution in [0.3, 0.4) is 0 Å². The molecule has 308 valence electrons. The van der Waals surface area contributed by atoms with Gasteiger partial charge < -0.3 is 59.8 Å². The number of esters is 1. The normalized spacial score (nSPS) is 28.7. The molecule has 0 radical (unpaired) electrons. The van der Waals surface area contributed by atoms with Gasteiger partial charge in [-0.15, -0.1) is 0 Å². The van der Waals surface area contributed by atoms with Gasteiger partial charge in [-0.05, 0) is 76.1 Å². The second-order valence-electron chi connectivity index (χ2n) is 13.8. The second-order valence-corrected chi connectivity index (χ2v) is 15.5. The number of allylic oxidation sites excluding steroid dienone is 2. The molecule has 2 aliphatic heterocycles. The van der Waals surface area contributed by atoms with Gasteiger partial charge in [-0.25, -0.2) is 0 Å². The number of unbranched alkanes of at least 4 members (excludes halogenated alkanes) is 10. The summed E-state index contributed by atoms with van der Waals surface area (Å²) < 4.78 is 22.2. The summed E-state index contributed by atoms with van der Waals surface area (Å²) in [5.74, 6) is -2.17. The van der Waals surface area contributed by atoms with Crippen molar-refractivity contribution in [3.8, 4) is 11.8 Å². The Hall–Kier alpha value is -1.56. The SMILES string of the molecule is CCCCCCCC/C=C\CCCCCCC(C)C(=O)Oc1c(Br)cc(C#N)cc1Br.OC[C@H]1O[C@@](CO)(O[C@H]2O[C@H](CO)[C@@H](O)[C@H](O)[C@H]2O)[C@@H](O)[C@@H]1O. The summed E-state index contributed by atoms with van der Waals surface area (Å²) in [7, 11) is 0. The number of nitriles is 1. The number of aliphatic hydroxyl groups excluding tert-OH is 8. The molecule has 2 heterocycles. The molecule has 0 amide bonds. The Morgan fingerprint density at radius 2 is 1.41 bits per heavy atom. The number of aliphatic hydroxyl groups is 8. The van der Waals surface area contributed by atoms with Crippen molar-refractivity contribution in [3.63, 3.8) is 0 Å². The number of carbonyl (C=O) groups excluding carboxylic acids is 1. The molecule has 8 N–H and O–H groups in total. The van der Waals surface area contributed by atoms with Crippen molar-refractivity contribution in [1.82, 2.24) is 0 Å². The highest BCUT2D eigenvalue weighted by Gasteiger charge is 2.58. The van der Waals surface area contributed by atoms with E-state index in [2.05, 4.69) is 57.0 Å². The van der Waals surface area contributed by atoms with Gasteiger partial charge in [0.05, 0.1) is 39.7 Å². The van der Waals surface area contributed by atoms with Gasteiger partial charge in [0, 0.05) is 0 Å². The maximum atomic E-state index is 12.4. The standard InChI is InChI=1S/C26H37Br2NO2.C12H22O11/c1-3-4-5-6-7-8-9-10-11-12-13-14-15-16-17-21(2)26(30)31-25-23(27)18-22(20-29)19-24(25)28;13-1-4-6(16)8(18)9(19)11(21-4)23-12(3-15)10(20)7(17)5(2-14)22-12/h10-11,18-19,21H,3-9,12-17H2,1-2H3;4-11,13-20H,1-3H2/b11-10-;/t;4-,5-,6-,7-,8+,9-,10+,11-,12+/m.1/s1. The number of hydrogen-bond acceptors (Lipinski definition) is 14. The Kier molecular flexibility index (Phi) is 23.1. The van der Waals surface area contributed by atoms with Crippen LogP contribution in [0.25, 0.3) is 0 Å². The number of benzene rings is 1. The zero-order valence-corrected chi connectivity index (χ0v) is 34.3. The van der Waals surface area contributed by atoms with E-state index in [-0.39, 0.29) is 11.9 Å². The third-order valence-electron chi connectivity index (χ3n) is 9.45. The Balaban J connectivity index is 0.000000389. The summed E-state index contributed by atoms with van der Waals surface area (Å²) >= 11 is 6.75. The number of halogens is 2. The van der Waals surface area contributed by atoms with Gasteiger partial charge in [-0.2, -0.15) is 5.26 Å². The van der Waals surface area contributed by atoms with Crippen LogP contribution in [0.5, 0.6) is 5.75 Å². The third-order valence-corrected chi connectivity index (χ3v) is 10.6. The highest BCUT2D eigenvalue weighted by atomic mass is 79.9. The maximum Gasteiger partial charge on any atom is 0.314 e. The fourth-order valence-electron chi connectivity index (χ4n) is 6.02. The molecule has 14 nitrogen and oxygen atoms in total. The molecule has 0 aliphatic carbocycles. The first kappa shape index (κ1) is 48.6. The first-order chi connectivity index (χ1) is 25.8. The lowest BCUT2D eigenvalue weighted by Crippen LogP contribution is -2.62. The van der Waals surface area contributed by atoms with E-state index in [4.69, 9.17) is 34.4 Å². The molecule has 2 aliphatic rings. The Morgan fingerprint density at radius 1 is 0.852 bits per heavy atom. The van der Waals surface area contributed by atoms with Gasteiger partial charge in [0.25, 0.3) is 0 Å². The largest absolute Gasteiger partial charge is 0.424 e. The molecule has 0 bridgehead atoms. The van der Waals surface area contributed by atoms with Crippen LogP contribution >= 0.6 is 31.9 Å². The molecule has 2 saturated heterocycles. The van der Waals surface area contributed by atoms with Crippen molar-refractivity contribution in [1.29, 1.82) is 5.26 Å². The average molecular weight is 898 g/mol. The minimum absolute atomic E-state index is 0.147. The quantitative estimate of drug-likeness (QED) is 0.0379. The predicted octanol–water partition coefficient (Wildman–Crippen LogP) is 3.88. The lowest BCUT2D eigenvalue weighted by Gasteiger charge is -2.43. The van der Waals surface area contributed by atoms with Crippen LogP contribution in [0.15, 0.2) is 33.2 Å². The van der Waals surface area contributed by atoms with Crippen molar-refractivity contribution >= 4 is 37.8 Å². The predicted molar refractivity (Wildman–Crippen MR) is 205 cm³/mol. The first-order valence-electron chi connectivity index (χ1n) is 18.8. The monoisotopic (exact) mass is 895 g/mol. The lowest BCUT2D eigenvalue weighted by atomic mass is 9.99. The summed E-state index contributed by atoms with van der Waals surface area (Å²) in [6, 6.07) is 5.38. The Morgan fingerprint density at radius 3 is 1.93 bits per heavy atom.